The zero-order valence-electron chi connectivity index (χ0n) is 36.2. The van der Waals surface area contributed by atoms with E-state index < -0.39 is 26.5 Å². The Labute approximate surface area is 339 Å². The van der Waals surface area contributed by atoms with Crippen LogP contribution in [0.25, 0.3) is 0 Å². The molecule has 0 saturated heterocycles. The first kappa shape index (κ1) is 54.0. The average molecular weight is 804 g/mol. The fraction of sp³-hybridized carbons (Fsp3) is 0.956. The van der Waals surface area contributed by atoms with Gasteiger partial charge in [-0.1, -0.05) is 219 Å². The van der Waals surface area contributed by atoms with E-state index in [2.05, 4.69) is 13.8 Å². The van der Waals surface area contributed by atoms with E-state index in [0.717, 1.165) is 32.1 Å². The maximum atomic E-state index is 12.6. The molecule has 0 aliphatic rings. The summed E-state index contributed by atoms with van der Waals surface area (Å²) in [5, 5.41) is 0. The molecular formula is C45H90NO8P. The molecule has 0 aliphatic carbocycles. The molecule has 0 aromatic carbocycles. The second kappa shape index (κ2) is 42.6. The lowest BCUT2D eigenvalue weighted by Crippen LogP contribution is -2.29. The Morgan fingerprint density at radius 2 is 0.782 bits per heavy atom. The summed E-state index contributed by atoms with van der Waals surface area (Å²) in [4.78, 5) is 34.8. The van der Waals surface area contributed by atoms with Gasteiger partial charge in [-0.3, -0.25) is 18.6 Å². The van der Waals surface area contributed by atoms with Gasteiger partial charge in [0.05, 0.1) is 13.2 Å². The molecule has 9 nitrogen and oxygen atoms in total. The van der Waals surface area contributed by atoms with Crippen LogP contribution in [-0.2, 0) is 32.7 Å². The van der Waals surface area contributed by atoms with Gasteiger partial charge in [0.1, 0.15) is 6.61 Å². The predicted molar refractivity (Wildman–Crippen MR) is 229 cm³/mol. The molecule has 0 saturated carbocycles. The highest BCUT2D eigenvalue weighted by atomic mass is 31.2. The highest BCUT2D eigenvalue weighted by molar-refractivity contribution is 7.47. The summed E-state index contributed by atoms with van der Waals surface area (Å²) in [6.45, 7) is 3.76. The number of rotatable bonds is 45. The summed E-state index contributed by atoms with van der Waals surface area (Å²) in [6.07, 6.45) is 43.0. The van der Waals surface area contributed by atoms with Crippen LogP contribution in [0, 0.1) is 0 Å². The summed E-state index contributed by atoms with van der Waals surface area (Å²) in [6, 6.07) is 0. The molecule has 0 rings (SSSR count). The minimum atomic E-state index is -4.37. The average Bonchev–Trinajstić information content (AvgIpc) is 3.17. The Bertz CT molecular complexity index is 876. The Hall–Kier alpha value is -0.990. The van der Waals surface area contributed by atoms with Crippen LogP contribution in [-0.4, -0.2) is 49.3 Å². The number of carbonyl (C=O) groups excluding carboxylic acids is 2. The monoisotopic (exact) mass is 804 g/mol. The van der Waals surface area contributed by atoms with Gasteiger partial charge in [0.25, 0.3) is 0 Å². The van der Waals surface area contributed by atoms with Gasteiger partial charge in [-0.05, 0) is 12.8 Å². The highest BCUT2D eigenvalue weighted by Gasteiger charge is 2.26. The Balaban J connectivity index is 3.93. The quantitative estimate of drug-likeness (QED) is 0.0350. The van der Waals surface area contributed by atoms with Crippen LogP contribution in [0.5, 0.6) is 0 Å². The summed E-state index contributed by atoms with van der Waals surface area (Å²) in [5.41, 5.74) is 5.35. The van der Waals surface area contributed by atoms with Crippen LogP contribution in [0.1, 0.15) is 245 Å². The van der Waals surface area contributed by atoms with Crippen molar-refractivity contribution >= 4 is 19.8 Å². The number of phosphoric acid groups is 1. The van der Waals surface area contributed by atoms with E-state index in [1.54, 1.807) is 0 Å². The van der Waals surface area contributed by atoms with Gasteiger partial charge >= 0.3 is 19.8 Å². The van der Waals surface area contributed by atoms with Gasteiger partial charge in [-0.15, -0.1) is 0 Å². The summed E-state index contributed by atoms with van der Waals surface area (Å²) in [7, 11) is -4.37. The molecular weight excluding hydrogens is 713 g/mol. The molecule has 3 N–H and O–H groups in total. The van der Waals surface area contributed by atoms with Crippen LogP contribution in [0.3, 0.4) is 0 Å². The van der Waals surface area contributed by atoms with Gasteiger partial charge in [0.2, 0.25) is 0 Å². The van der Waals surface area contributed by atoms with Gasteiger partial charge in [0, 0.05) is 19.4 Å². The lowest BCUT2D eigenvalue weighted by Gasteiger charge is -2.19. The number of carbonyl (C=O) groups is 2. The van der Waals surface area contributed by atoms with Crippen molar-refractivity contribution in [1.82, 2.24) is 0 Å². The van der Waals surface area contributed by atoms with Crippen LogP contribution >= 0.6 is 7.82 Å². The molecule has 0 spiro atoms. The van der Waals surface area contributed by atoms with Crippen molar-refractivity contribution in [2.45, 2.75) is 251 Å². The number of hydrogen-bond acceptors (Lipinski definition) is 8. The predicted octanol–water partition coefficient (Wildman–Crippen LogP) is 13.6. The molecule has 10 heteroatoms. The molecule has 0 heterocycles. The molecule has 2 atom stereocenters. The molecule has 0 fully saturated rings. The van der Waals surface area contributed by atoms with E-state index in [-0.39, 0.29) is 38.6 Å². The van der Waals surface area contributed by atoms with Crippen LogP contribution < -0.4 is 5.73 Å². The number of ether oxygens (including phenoxy) is 2. The number of phosphoric ester groups is 1. The standard InChI is InChI=1S/C45H90NO8P/c1-3-5-7-9-11-13-15-16-17-18-19-20-21-22-23-24-25-26-27-28-30-32-34-36-38-45(48)54-43(42-53-55(49,50)52-40-39-46)41-51-44(47)37-35-33-31-29-14-12-10-8-6-4-2/h43H,3-42,46H2,1-2H3,(H,49,50). The third kappa shape index (κ3) is 42.4. The molecule has 0 aromatic heterocycles. The smallest absolute Gasteiger partial charge is 0.462 e. The first-order chi connectivity index (χ1) is 26.8. The van der Waals surface area contributed by atoms with Gasteiger partial charge in [-0.25, -0.2) is 4.57 Å². The van der Waals surface area contributed by atoms with Crippen molar-refractivity contribution in [3.05, 3.63) is 0 Å². The maximum Gasteiger partial charge on any atom is 0.472 e. The Morgan fingerprint density at radius 1 is 0.473 bits per heavy atom. The fourth-order valence-electron chi connectivity index (χ4n) is 6.99. The van der Waals surface area contributed by atoms with Crippen molar-refractivity contribution in [3.8, 4) is 0 Å². The SMILES string of the molecule is CCCCCCCCCCCCCCCCCCCCCCCCCCC(=O)OC(COC(=O)CCCCCCCCCCCC)COP(=O)(O)OCCN. The van der Waals surface area contributed by atoms with Crippen LogP contribution in [0.2, 0.25) is 0 Å². The number of unbranched alkanes of at least 4 members (excludes halogenated alkanes) is 32. The van der Waals surface area contributed by atoms with Crippen LogP contribution in [0.15, 0.2) is 0 Å². The van der Waals surface area contributed by atoms with E-state index in [1.165, 1.54) is 180 Å². The third-order valence-electron chi connectivity index (χ3n) is 10.5. The summed E-state index contributed by atoms with van der Waals surface area (Å²) in [5.74, 6) is -0.814. The molecule has 2 unspecified atom stereocenters. The van der Waals surface area contributed by atoms with Crippen LogP contribution in [0.4, 0.5) is 0 Å². The largest absolute Gasteiger partial charge is 0.472 e. The first-order valence-corrected chi connectivity index (χ1v) is 25.0. The lowest BCUT2D eigenvalue weighted by atomic mass is 10.0. The third-order valence-corrected chi connectivity index (χ3v) is 11.5. The second-order valence-electron chi connectivity index (χ2n) is 16.0. The minimum Gasteiger partial charge on any atom is -0.462 e. The van der Waals surface area contributed by atoms with Crippen molar-refractivity contribution in [3.63, 3.8) is 0 Å². The topological polar surface area (TPSA) is 134 Å². The van der Waals surface area contributed by atoms with Crippen molar-refractivity contribution in [1.29, 1.82) is 0 Å². The molecule has 0 aromatic rings. The molecule has 0 radical (unpaired) electrons. The van der Waals surface area contributed by atoms with Crippen molar-refractivity contribution in [2.24, 2.45) is 5.73 Å². The van der Waals surface area contributed by atoms with Crippen molar-refractivity contribution in [2.75, 3.05) is 26.4 Å². The van der Waals surface area contributed by atoms with Gasteiger partial charge in [-0.2, -0.15) is 0 Å². The molecule has 328 valence electrons. The van der Waals surface area contributed by atoms with Crippen molar-refractivity contribution < 1.29 is 37.6 Å². The Kier molecular flexibility index (Phi) is 41.8. The van der Waals surface area contributed by atoms with Gasteiger partial charge < -0.3 is 20.1 Å². The number of hydrogen-bond donors (Lipinski definition) is 2. The first-order valence-electron chi connectivity index (χ1n) is 23.5. The number of nitrogens with two attached hydrogens (primary N) is 1. The minimum absolute atomic E-state index is 0.0580. The summed E-state index contributed by atoms with van der Waals surface area (Å²) >= 11 is 0. The molecule has 0 bridgehead atoms. The summed E-state index contributed by atoms with van der Waals surface area (Å²) < 4.78 is 32.8. The maximum absolute atomic E-state index is 12.6. The van der Waals surface area contributed by atoms with E-state index in [1.807, 2.05) is 0 Å². The second-order valence-corrected chi connectivity index (χ2v) is 17.4. The lowest BCUT2D eigenvalue weighted by molar-refractivity contribution is -0.161. The highest BCUT2D eigenvalue weighted by Crippen LogP contribution is 2.43. The fourth-order valence-corrected chi connectivity index (χ4v) is 7.76. The van der Waals surface area contributed by atoms with E-state index in [4.69, 9.17) is 24.3 Å². The van der Waals surface area contributed by atoms with E-state index in [9.17, 15) is 19.0 Å². The molecule has 55 heavy (non-hydrogen) atoms. The molecule has 0 amide bonds. The van der Waals surface area contributed by atoms with E-state index in [0.29, 0.717) is 6.42 Å². The van der Waals surface area contributed by atoms with Gasteiger partial charge in [0.15, 0.2) is 6.10 Å². The molecule has 0 aliphatic heterocycles. The number of esters is 2. The normalized spacial score (nSPS) is 13.2. The zero-order valence-corrected chi connectivity index (χ0v) is 37.1. The Morgan fingerprint density at radius 3 is 1.11 bits per heavy atom. The zero-order chi connectivity index (χ0) is 40.3. The van der Waals surface area contributed by atoms with E-state index >= 15 is 0 Å².